The van der Waals surface area contributed by atoms with E-state index in [4.69, 9.17) is 9.47 Å². The van der Waals surface area contributed by atoms with Crippen LogP contribution in [0.4, 0.5) is 4.39 Å². The molecule has 0 spiro atoms. The van der Waals surface area contributed by atoms with Crippen molar-refractivity contribution in [3.8, 4) is 11.5 Å². The molecule has 108 valence electrons. The Morgan fingerprint density at radius 2 is 2.25 bits per heavy atom. The van der Waals surface area contributed by atoms with Gasteiger partial charge in [-0.2, -0.15) is 5.10 Å². The lowest BCUT2D eigenvalue weighted by atomic mass is 9.90. The molecule has 20 heavy (non-hydrogen) atoms. The topological polar surface area (TPSA) is 59.9 Å². The van der Waals surface area contributed by atoms with Gasteiger partial charge in [0.15, 0.2) is 11.5 Å². The second-order valence-corrected chi connectivity index (χ2v) is 4.46. The molecule has 1 N–H and O–H groups in total. The Balaban J connectivity index is 2.36. The number of hydrogen-bond acceptors (Lipinski definition) is 4. The van der Waals surface area contributed by atoms with E-state index in [1.54, 1.807) is 12.1 Å². The number of halogens is 1. The summed E-state index contributed by atoms with van der Waals surface area (Å²) in [6.45, 7) is 1.07. The number of carbonyl (C=O) groups excluding carboxylic acids is 1. The zero-order chi connectivity index (χ0) is 14.5. The predicted octanol–water partition coefficient (Wildman–Crippen LogP) is 2.25. The quantitative estimate of drug-likeness (QED) is 0.900. The van der Waals surface area contributed by atoms with Gasteiger partial charge in [0.05, 0.1) is 12.8 Å². The maximum absolute atomic E-state index is 12.4. The smallest absolute Gasteiger partial charge is 0.240 e. The van der Waals surface area contributed by atoms with Crippen molar-refractivity contribution in [2.24, 2.45) is 11.0 Å². The molecule has 0 bridgehead atoms. The lowest BCUT2D eigenvalue weighted by molar-refractivity contribution is -0.122. The first-order valence-corrected chi connectivity index (χ1v) is 6.43. The Hall–Kier alpha value is -2.11. The van der Waals surface area contributed by atoms with Crippen LogP contribution in [-0.4, -0.2) is 25.6 Å². The van der Waals surface area contributed by atoms with E-state index in [1.165, 1.54) is 7.11 Å². The summed E-state index contributed by atoms with van der Waals surface area (Å²) < 4.78 is 22.4. The molecule has 0 radical (unpaired) electrons. The lowest BCUT2D eigenvalue weighted by Gasteiger charge is -2.22. The van der Waals surface area contributed by atoms with Gasteiger partial charge in [0.25, 0.3) is 0 Å². The molecule has 0 saturated carbocycles. The Morgan fingerprint density at radius 1 is 1.45 bits per heavy atom. The lowest BCUT2D eigenvalue weighted by Crippen LogP contribution is -2.33. The summed E-state index contributed by atoms with van der Waals surface area (Å²) >= 11 is 0. The predicted molar refractivity (Wildman–Crippen MR) is 72.7 cm³/mol. The second-order valence-electron chi connectivity index (χ2n) is 4.46. The number of benzene rings is 1. The molecule has 5 nitrogen and oxygen atoms in total. The standard InChI is InChI=1S/C14H17FN2O3/c1-3-9-7-13(18)16-17-14(9)10-4-5-11(19-2)12(6-10)20-8-15/h4-6,9H,3,7-8H2,1-2H3,(H,16,18). The SMILES string of the molecule is CCC1CC(=O)NN=C1c1ccc(OC)c(OCF)c1. The fourth-order valence-corrected chi connectivity index (χ4v) is 2.23. The average molecular weight is 280 g/mol. The second kappa shape index (κ2) is 6.36. The van der Waals surface area contributed by atoms with Crippen LogP contribution in [0.1, 0.15) is 25.3 Å². The van der Waals surface area contributed by atoms with Gasteiger partial charge in [0.2, 0.25) is 12.8 Å². The van der Waals surface area contributed by atoms with E-state index >= 15 is 0 Å². The molecule has 1 aliphatic rings. The van der Waals surface area contributed by atoms with Gasteiger partial charge in [-0.25, -0.2) is 9.82 Å². The largest absolute Gasteiger partial charge is 0.493 e. The molecule has 1 atom stereocenters. The number of nitrogens with one attached hydrogen (secondary N) is 1. The van der Waals surface area contributed by atoms with Gasteiger partial charge in [-0.05, 0) is 24.6 Å². The highest BCUT2D eigenvalue weighted by Crippen LogP contribution is 2.30. The molecular weight excluding hydrogens is 263 g/mol. The monoisotopic (exact) mass is 280 g/mol. The van der Waals surface area contributed by atoms with Crippen molar-refractivity contribution in [2.45, 2.75) is 19.8 Å². The third-order valence-electron chi connectivity index (χ3n) is 3.28. The minimum atomic E-state index is -0.930. The van der Waals surface area contributed by atoms with E-state index in [1.807, 2.05) is 13.0 Å². The summed E-state index contributed by atoms with van der Waals surface area (Å²) in [4.78, 5) is 11.4. The van der Waals surface area contributed by atoms with Crippen LogP contribution >= 0.6 is 0 Å². The molecule has 0 saturated heterocycles. The van der Waals surface area contributed by atoms with E-state index in [9.17, 15) is 9.18 Å². The van der Waals surface area contributed by atoms with E-state index in [-0.39, 0.29) is 11.8 Å². The zero-order valence-electron chi connectivity index (χ0n) is 11.5. The molecule has 0 aromatic heterocycles. The molecule has 1 aliphatic heterocycles. The van der Waals surface area contributed by atoms with Crippen LogP contribution in [0.15, 0.2) is 23.3 Å². The first-order chi connectivity index (χ1) is 9.69. The van der Waals surface area contributed by atoms with Crippen LogP contribution in [0, 0.1) is 5.92 Å². The number of hydrogen-bond donors (Lipinski definition) is 1. The maximum atomic E-state index is 12.4. The highest BCUT2D eigenvalue weighted by molar-refractivity contribution is 6.06. The molecule has 6 heteroatoms. The van der Waals surface area contributed by atoms with Crippen LogP contribution in [0.5, 0.6) is 11.5 Å². The minimum absolute atomic E-state index is 0.0513. The van der Waals surface area contributed by atoms with E-state index in [2.05, 4.69) is 10.5 Å². The van der Waals surface area contributed by atoms with E-state index < -0.39 is 6.86 Å². The number of ether oxygens (including phenoxy) is 2. The van der Waals surface area contributed by atoms with Crippen molar-refractivity contribution in [2.75, 3.05) is 14.0 Å². The van der Waals surface area contributed by atoms with Crippen molar-refractivity contribution in [3.05, 3.63) is 23.8 Å². The van der Waals surface area contributed by atoms with Gasteiger partial charge in [-0.3, -0.25) is 4.79 Å². The number of hydrazone groups is 1. The Morgan fingerprint density at radius 3 is 2.90 bits per heavy atom. The summed E-state index contributed by atoms with van der Waals surface area (Å²) in [7, 11) is 1.49. The van der Waals surface area contributed by atoms with Crippen LogP contribution in [0.3, 0.4) is 0 Å². The summed E-state index contributed by atoms with van der Waals surface area (Å²) in [6.07, 6.45) is 1.21. The zero-order valence-corrected chi connectivity index (χ0v) is 11.5. The molecule has 1 aromatic rings. The number of carbonyl (C=O) groups is 1. The number of alkyl halides is 1. The van der Waals surface area contributed by atoms with Gasteiger partial charge < -0.3 is 9.47 Å². The van der Waals surface area contributed by atoms with Gasteiger partial charge in [0, 0.05) is 17.9 Å². The van der Waals surface area contributed by atoms with Gasteiger partial charge >= 0.3 is 0 Å². The Labute approximate surface area is 116 Å². The van der Waals surface area contributed by atoms with E-state index in [0.717, 1.165) is 17.7 Å². The van der Waals surface area contributed by atoms with Crippen molar-refractivity contribution >= 4 is 11.6 Å². The molecular formula is C14H17FN2O3. The van der Waals surface area contributed by atoms with Gasteiger partial charge in [-0.15, -0.1) is 0 Å². The number of nitrogens with zero attached hydrogens (tertiary/aromatic N) is 1. The van der Waals surface area contributed by atoms with E-state index in [0.29, 0.717) is 17.9 Å². The fourth-order valence-electron chi connectivity index (χ4n) is 2.23. The number of amides is 1. The minimum Gasteiger partial charge on any atom is -0.493 e. The van der Waals surface area contributed by atoms with Crippen LogP contribution in [-0.2, 0) is 4.79 Å². The van der Waals surface area contributed by atoms with Gasteiger partial charge in [0.1, 0.15) is 0 Å². The molecule has 1 unspecified atom stereocenters. The van der Waals surface area contributed by atoms with Crippen molar-refractivity contribution in [1.82, 2.24) is 5.43 Å². The number of methoxy groups -OCH3 is 1. The maximum Gasteiger partial charge on any atom is 0.240 e. The summed E-state index contributed by atoms with van der Waals surface area (Å²) in [5.74, 6) is 0.742. The summed E-state index contributed by atoms with van der Waals surface area (Å²) in [6, 6.07) is 5.20. The Kier molecular flexibility index (Phi) is 4.55. The molecule has 1 heterocycles. The van der Waals surface area contributed by atoms with Crippen molar-refractivity contribution in [3.63, 3.8) is 0 Å². The normalized spacial score (nSPS) is 18.2. The first-order valence-electron chi connectivity index (χ1n) is 6.43. The van der Waals surface area contributed by atoms with Crippen LogP contribution in [0.25, 0.3) is 0 Å². The molecule has 0 aliphatic carbocycles. The fraction of sp³-hybridized carbons (Fsp3) is 0.429. The third-order valence-corrected chi connectivity index (χ3v) is 3.28. The van der Waals surface area contributed by atoms with Crippen molar-refractivity contribution in [1.29, 1.82) is 0 Å². The first kappa shape index (κ1) is 14.3. The molecule has 2 rings (SSSR count). The highest BCUT2D eigenvalue weighted by atomic mass is 19.1. The average Bonchev–Trinajstić information content (AvgIpc) is 2.47. The molecule has 1 amide bonds. The summed E-state index contributed by atoms with van der Waals surface area (Å²) in [5, 5.41) is 4.12. The highest BCUT2D eigenvalue weighted by Gasteiger charge is 2.24. The van der Waals surface area contributed by atoms with Crippen LogP contribution in [0.2, 0.25) is 0 Å². The van der Waals surface area contributed by atoms with Crippen molar-refractivity contribution < 1.29 is 18.7 Å². The molecule has 0 fully saturated rings. The Bertz CT molecular complexity index is 531. The number of rotatable bonds is 5. The van der Waals surface area contributed by atoms with Crippen LogP contribution < -0.4 is 14.9 Å². The third kappa shape index (κ3) is 2.89. The summed E-state index contributed by atoms with van der Waals surface area (Å²) in [5.41, 5.74) is 4.05. The van der Waals surface area contributed by atoms with Gasteiger partial charge in [-0.1, -0.05) is 6.92 Å². The molecule has 1 aromatic carbocycles.